The lowest BCUT2D eigenvalue weighted by Gasteiger charge is -2.21. The number of β-amino-alcohol motifs (C(OH)–C–C–N with tert-alkyl or cyclic N) is 1. The molecule has 1 saturated heterocycles. The normalized spacial score (nSPS) is 18.0. The van der Waals surface area contributed by atoms with Crippen LogP contribution in [0.4, 0.5) is 5.69 Å². The fraction of sp³-hybridized carbons (Fsp3) is 0.211. The van der Waals surface area contributed by atoms with Crippen molar-refractivity contribution in [3.05, 3.63) is 60.7 Å². The average Bonchev–Trinajstić information content (AvgIpc) is 3.01. The Bertz CT molecular complexity index is 801. The van der Waals surface area contributed by atoms with E-state index in [1.54, 1.807) is 0 Å². The lowest BCUT2D eigenvalue weighted by molar-refractivity contribution is 0.198. The van der Waals surface area contributed by atoms with Gasteiger partial charge in [-0.3, -0.25) is 0 Å². The van der Waals surface area contributed by atoms with Gasteiger partial charge in [-0.2, -0.15) is 0 Å². The highest BCUT2D eigenvalue weighted by Gasteiger charge is 2.22. The van der Waals surface area contributed by atoms with Gasteiger partial charge in [0, 0.05) is 29.7 Å². The van der Waals surface area contributed by atoms with Crippen molar-refractivity contribution in [3.8, 4) is 11.3 Å². The smallest absolute Gasteiger partial charge is 0.0731 e. The molecule has 22 heavy (non-hydrogen) atoms. The first-order chi connectivity index (χ1) is 10.8. The standard InChI is InChI=1S/C19H18N2O/c22-15-10-11-21(13-15)19-12-18(14-6-2-1-3-7-14)20-17-9-5-4-8-16(17)19/h1-9,12,15,22H,10-11,13H2/t15-/m1/s1. The SMILES string of the molecule is O[C@@H]1CCN(c2cc(-c3ccccc3)nc3ccccc23)C1. The number of anilines is 1. The summed E-state index contributed by atoms with van der Waals surface area (Å²) < 4.78 is 0. The summed E-state index contributed by atoms with van der Waals surface area (Å²) in [6.45, 7) is 1.59. The molecular weight excluding hydrogens is 272 g/mol. The summed E-state index contributed by atoms with van der Waals surface area (Å²) >= 11 is 0. The number of aliphatic hydroxyl groups is 1. The van der Waals surface area contributed by atoms with Crippen LogP contribution in [0, 0.1) is 0 Å². The summed E-state index contributed by atoms with van der Waals surface area (Å²) in [5.41, 5.74) is 4.27. The van der Waals surface area contributed by atoms with Gasteiger partial charge in [-0.25, -0.2) is 4.98 Å². The van der Waals surface area contributed by atoms with Gasteiger partial charge < -0.3 is 10.0 Å². The van der Waals surface area contributed by atoms with Gasteiger partial charge >= 0.3 is 0 Å². The molecule has 0 amide bonds. The zero-order chi connectivity index (χ0) is 14.9. The fourth-order valence-electron chi connectivity index (χ4n) is 3.14. The van der Waals surface area contributed by atoms with Crippen LogP contribution in [-0.2, 0) is 0 Å². The minimum atomic E-state index is -0.230. The maximum atomic E-state index is 9.86. The van der Waals surface area contributed by atoms with Crippen molar-refractivity contribution in [2.45, 2.75) is 12.5 Å². The van der Waals surface area contributed by atoms with Crippen LogP contribution >= 0.6 is 0 Å². The van der Waals surface area contributed by atoms with Crippen molar-refractivity contribution in [2.75, 3.05) is 18.0 Å². The monoisotopic (exact) mass is 290 g/mol. The summed E-state index contributed by atoms with van der Waals surface area (Å²) in [6.07, 6.45) is 0.601. The van der Waals surface area contributed by atoms with Crippen molar-refractivity contribution in [2.24, 2.45) is 0 Å². The van der Waals surface area contributed by atoms with Crippen LogP contribution in [0.3, 0.4) is 0 Å². The third-order valence-corrected chi connectivity index (χ3v) is 4.27. The summed E-state index contributed by atoms with van der Waals surface area (Å²) in [4.78, 5) is 7.07. The Labute approximate surface area is 129 Å². The van der Waals surface area contributed by atoms with E-state index < -0.39 is 0 Å². The first kappa shape index (κ1) is 13.3. The van der Waals surface area contributed by atoms with Gasteiger partial charge in [-0.15, -0.1) is 0 Å². The number of rotatable bonds is 2. The second kappa shape index (κ2) is 5.43. The Kier molecular flexibility index (Phi) is 3.28. The summed E-state index contributed by atoms with van der Waals surface area (Å²) in [7, 11) is 0. The largest absolute Gasteiger partial charge is 0.391 e. The molecule has 0 radical (unpaired) electrons. The number of nitrogens with zero attached hydrogens (tertiary/aromatic N) is 2. The summed E-state index contributed by atoms with van der Waals surface area (Å²) in [6, 6.07) is 20.6. The van der Waals surface area contributed by atoms with Crippen molar-refractivity contribution in [3.63, 3.8) is 0 Å². The molecule has 3 aromatic rings. The van der Waals surface area contributed by atoms with Gasteiger partial charge in [-0.1, -0.05) is 48.5 Å². The number of benzene rings is 2. The maximum absolute atomic E-state index is 9.86. The Morgan fingerprint density at radius 3 is 2.55 bits per heavy atom. The van der Waals surface area contributed by atoms with E-state index in [4.69, 9.17) is 4.98 Å². The first-order valence-corrected chi connectivity index (χ1v) is 7.69. The third kappa shape index (κ3) is 2.34. The molecule has 1 aliphatic heterocycles. The van der Waals surface area contributed by atoms with Crippen LogP contribution in [0.15, 0.2) is 60.7 Å². The van der Waals surface area contributed by atoms with Crippen LogP contribution in [-0.4, -0.2) is 29.3 Å². The number of para-hydroxylation sites is 1. The molecule has 0 unspecified atom stereocenters. The zero-order valence-electron chi connectivity index (χ0n) is 12.3. The second-order valence-corrected chi connectivity index (χ2v) is 5.80. The van der Waals surface area contributed by atoms with E-state index in [0.29, 0.717) is 6.54 Å². The molecule has 3 heteroatoms. The van der Waals surface area contributed by atoms with Gasteiger partial charge in [0.05, 0.1) is 17.3 Å². The van der Waals surface area contributed by atoms with E-state index >= 15 is 0 Å². The molecule has 0 aliphatic carbocycles. The Morgan fingerprint density at radius 2 is 1.77 bits per heavy atom. The molecule has 1 aromatic heterocycles. The quantitative estimate of drug-likeness (QED) is 0.785. The van der Waals surface area contributed by atoms with E-state index in [2.05, 4.69) is 35.2 Å². The molecule has 2 aromatic carbocycles. The number of aromatic nitrogens is 1. The predicted octanol–water partition coefficient (Wildman–Crippen LogP) is 3.47. The van der Waals surface area contributed by atoms with E-state index in [0.717, 1.165) is 35.1 Å². The lowest BCUT2D eigenvalue weighted by Crippen LogP contribution is -2.21. The molecule has 0 bridgehead atoms. The molecule has 1 atom stereocenters. The maximum Gasteiger partial charge on any atom is 0.0731 e. The molecule has 4 rings (SSSR count). The van der Waals surface area contributed by atoms with E-state index in [9.17, 15) is 5.11 Å². The minimum absolute atomic E-state index is 0.230. The highest BCUT2D eigenvalue weighted by atomic mass is 16.3. The van der Waals surface area contributed by atoms with Crippen molar-refractivity contribution in [1.82, 2.24) is 4.98 Å². The topological polar surface area (TPSA) is 36.4 Å². The predicted molar refractivity (Wildman–Crippen MR) is 90.0 cm³/mol. The Morgan fingerprint density at radius 1 is 1.00 bits per heavy atom. The number of aliphatic hydroxyl groups excluding tert-OH is 1. The molecule has 1 fully saturated rings. The average molecular weight is 290 g/mol. The fourth-order valence-corrected chi connectivity index (χ4v) is 3.14. The highest BCUT2D eigenvalue weighted by molar-refractivity contribution is 5.94. The van der Waals surface area contributed by atoms with Gasteiger partial charge in [-0.05, 0) is 18.6 Å². The van der Waals surface area contributed by atoms with Crippen molar-refractivity contribution >= 4 is 16.6 Å². The van der Waals surface area contributed by atoms with Crippen LogP contribution in [0.5, 0.6) is 0 Å². The number of fused-ring (bicyclic) bond motifs is 1. The number of hydrogen-bond acceptors (Lipinski definition) is 3. The summed E-state index contributed by atoms with van der Waals surface area (Å²) in [5.74, 6) is 0. The van der Waals surface area contributed by atoms with Gasteiger partial charge in [0.1, 0.15) is 0 Å². The molecule has 2 heterocycles. The molecule has 1 aliphatic rings. The first-order valence-electron chi connectivity index (χ1n) is 7.69. The molecule has 3 nitrogen and oxygen atoms in total. The third-order valence-electron chi connectivity index (χ3n) is 4.27. The van der Waals surface area contributed by atoms with Crippen LogP contribution in [0.2, 0.25) is 0 Å². The second-order valence-electron chi connectivity index (χ2n) is 5.80. The highest BCUT2D eigenvalue weighted by Crippen LogP contribution is 2.32. The summed E-state index contributed by atoms with van der Waals surface area (Å²) in [5, 5.41) is 11.0. The molecule has 110 valence electrons. The number of pyridine rings is 1. The van der Waals surface area contributed by atoms with Crippen LogP contribution in [0.1, 0.15) is 6.42 Å². The van der Waals surface area contributed by atoms with Crippen LogP contribution < -0.4 is 4.90 Å². The van der Waals surface area contributed by atoms with E-state index in [1.807, 2.05) is 30.3 Å². The molecule has 1 N–H and O–H groups in total. The van der Waals surface area contributed by atoms with Crippen LogP contribution in [0.25, 0.3) is 22.2 Å². The Balaban J connectivity index is 1.90. The Hall–Kier alpha value is -2.39. The molecule has 0 saturated carbocycles. The molecule has 0 spiro atoms. The number of hydrogen-bond donors (Lipinski definition) is 1. The lowest BCUT2D eigenvalue weighted by atomic mass is 10.1. The van der Waals surface area contributed by atoms with Gasteiger partial charge in [0.25, 0.3) is 0 Å². The zero-order valence-corrected chi connectivity index (χ0v) is 12.3. The van der Waals surface area contributed by atoms with E-state index in [-0.39, 0.29) is 6.10 Å². The van der Waals surface area contributed by atoms with Crippen molar-refractivity contribution in [1.29, 1.82) is 0 Å². The van der Waals surface area contributed by atoms with Gasteiger partial charge in [0.2, 0.25) is 0 Å². The molecular formula is C19H18N2O. The van der Waals surface area contributed by atoms with Crippen molar-refractivity contribution < 1.29 is 5.11 Å². The minimum Gasteiger partial charge on any atom is -0.391 e. The van der Waals surface area contributed by atoms with Gasteiger partial charge in [0.15, 0.2) is 0 Å². The van der Waals surface area contributed by atoms with E-state index in [1.165, 1.54) is 5.69 Å².